The number of halogens is 3. The van der Waals surface area contributed by atoms with Gasteiger partial charge in [0.15, 0.2) is 0 Å². The minimum Gasteiger partial charge on any atom is -0.367 e. The van der Waals surface area contributed by atoms with E-state index < -0.39 is 0 Å². The van der Waals surface area contributed by atoms with Gasteiger partial charge in [-0.2, -0.15) is 0 Å². The lowest BCUT2D eigenvalue weighted by atomic mass is 10.0. The van der Waals surface area contributed by atoms with Crippen LogP contribution in [0, 0.1) is 0 Å². The smallest absolute Gasteiger partial charge is 0.230 e. The second kappa shape index (κ2) is 5.72. The fourth-order valence-electron chi connectivity index (χ4n) is 2.04. The first-order valence-electron chi connectivity index (χ1n) is 6.03. The van der Waals surface area contributed by atoms with Crippen LogP contribution < -0.4 is 5.73 Å². The van der Waals surface area contributed by atoms with Crippen LogP contribution in [0.4, 0.5) is 5.88 Å². The molecule has 0 fully saturated rings. The van der Waals surface area contributed by atoms with E-state index in [1.807, 2.05) is 30.3 Å². The maximum atomic E-state index is 6.14. The highest BCUT2D eigenvalue weighted by Gasteiger charge is 2.18. The van der Waals surface area contributed by atoms with E-state index in [1.54, 1.807) is 12.1 Å². The second-order valence-corrected chi connectivity index (χ2v) is 6.10. The van der Waals surface area contributed by atoms with E-state index >= 15 is 0 Å². The van der Waals surface area contributed by atoms with Crippen LogP contribution in [-0.4, -0.2) is 5.16 Å². The Bertz CT molecular complexity index is 800. The number of anilines is 1. The molecule has 0 radical (unpaired) electrons. The average molecular weight is 384 g/mol. The standard InChI is InChI=1S/C15H9BrCl2N2O/c16-11-6-3-9(7-12(11)18)14-13(15(19)21-20-14)8-1-4-10(17)5-2-8/h1-7H,19H2. The third-order valence-corrected chi connectivity index (χ3v) is 4.53. The molecule has 0 spiro atoms. The summed E-state index contributed by atoms with van der Waals surface area (Å²) >= 11 is 15.4. The van der Waals surface area contributed by atoms with Gasteiger partial charge in [-0.15, -0.1) is 0 Å². The Morgan fingerprint density at radius 2 is 1.67 bits per heavy atom. The molecule has 3 rings (SSSR count). The van der Waals surface area contributed by atoms with Crippen LogP contribution in [0.1, 0.15) is 0 Å². The first-order valence-corrected chi connectivity index (χ1v) is 7.57. The van der Waals surface area contributed by atoms with E-state index in [1.165, 1.54) is 0 Å². The van der Waals surface area contributed by atoms with Gasteiger partial charge >= 0.3 is 0 Å². The van der Waals surface area contributed by atoms with Crippen LogP contribution >= 0.6 is 39.1 Å². The molecule has 21 heavy (non-hydrogen) atoms. The molecule has 0 amide bonds. The summed E-state index contributed by atoms with van der Waals surface area (Å²) in [6.45, 7) is 0. The molecule has 1 heterocycles. The van der Waals surface area contributed by atoms with E-state index in [2.05, 4.69) is 21.1 Å². The van der Waals surface area contributed by atoms with E-state index in [-0.39, 0.29) is 5.88 Å². The molecule has 0 atom stereocenters. The largest absolute Gasteiger partial charge is 0.367 e. The number of benzene rings is 2. The van der Waals surface area contributed by atoms with Crippen molar-refractivity contribution in [2.75, 3.05) is 5.73 Å². The predicted molar refractivity (Wildman–Crippen MR) is 89.5 cm³/mol. The van der Waals surface area contributed by atoms with Gasteiger partial charge in [0.25, 0.3) is 0 Å². The van der Waals surface area contributed by atoms with Crippen LogP contribution in [0.3, 0.4) is 0 Å². The average Bonchev–Trinajstić information content (AvgIpc) is 2.85. The Kier molecular flexibility index (Phi) is 3.93. The topological polar surface area (TPSA) is 52.0 Å². The van der Waals surface area contributed by atoms with Crippen molar-refractivity contribution >= 4 is 45.0 Å². The van der Waals surface area contributed by atoms with Crippen molar-refractivity contribution in [1.29, 1.82) is 0 Å². The molecule has 0 aliphatic rings. The fourth-order valence-corrected chi connectivity index (χ4v) is 2.59. The van der Waals surface area contributed by atoms with Gasteiger partial charge in [0.05, 0.1) is 10.6 Å². The van der Waals surface area contributed by atoms with Crippen LogP contribution in [0.2, 0.25) is 10.0 Å². The number of nitrogen functional groups attached to an aromatic ring is 1. The molecule has 0 aliphatic heterocycles. The van der Waals surface area contributed by atoms with Crippen LogP contribution in [-0.2, 0) is 0 Å². The highest BCUT2D eigenvalue weighted by atomic mass is 79.9. The monoisotopic (exact) mass is 382 g/mol. The highest BCUT2D eigenvalue weighted by Crippen LogP contribution is 2.38. The molecule has 0 saturated carbocycles. The van der Waals surface area contributed by atoms with E-state index in [0.29, 0.717) is 15.7 Å². The number of rotatable bonds is 2. The Morgan fingerprint density at radius 3 is 2.33 bits per heavy atom. The third-order valence-electron chi connectivity index (χ3n) is 3.04. The summed E-state index contributed by atoms with van der Waals surface area (Å²) in [5.74, 6) is 0.256. The van der Waals surface area contributed by atoms with Crippen LogP contribution in [0.5, 0.6) is 0 Å². The zero-order chi connectivity index (χ0) is 15.0. The predicted octanol–water partition coefficient (Wildman–Crippen LogP) is 5.66. The van der Waals surface area contributed by atoms with Gasteiger partial charge in [0, 0.05) is 15.1 Å². The molecule has 0 saturated heterocycles. The molecular weight excluding hydrogens is 375 g/mol. The van der Waals surface area contributed by atoms with Crippen molar-refractivity contribution in [2.45, 2.75) is 0 Å². The van der Waals surface area contributed by atoms with Gasteiger partial charge in [-0.1, -0.05) is 46.6 Å². The molecule has 3 nitrogen and oxygen atoms in total. The molecular formula is C15H9BrCl2N2O. The lowest BCUT2D eigenvalue weighted by molar-refractivity contribution is 0.439. The number of nitrogens with two attached hydrogens (primary N) is 1. The maximum absolute atomic E-state index is 6.14. The fraction of sp³-hybridized carbons (Fsp3) is 0. The van der Waals surface area contributed by atoms with Gasteiger partial charge in [-0.3, -0.25) is 0 Å². The van der Waals surface area contributed by atoms with Crippen molar-refractivity contribution < 1.29 is 4.52 Å². The van der Waals surface area contributed by atoms with Gasteiger partial charge in [-0.05, 0) is 45.8 Å². The summed E-state index contributed by atoms with van der Waals surface area (Å²) < 4.78 is 5.96. The first kappa shape index (κ1) is 14.4. The van der Waals surface area contributed by atoms with Crippen LogP contribution in [0.25, 0.3) is 22.4 Å². The SMILES string of the molecule is Nc1onc(-c2ccc(Br)c(Cl)c2)c1-c1ccc(Cl)cc1. The Morgan fingerprint density at radius 1 is 1.00 bits per heavy atom. The highest BCUT2D eigenvalue weighted by molar-refractivity contribution is 9.10. The number of nitrogens with zero attached hydrogens (tertiary/aromatic N) is 1. The molecule has 0 unspecified atom stereocenters. The molecule has 3 aromatic rings. The number of hydrogen-bond donors (Lipinski definition) is 1. The third kappa shape index (κ3) is 2.79. The van der Waals surface area contributed by atoms with Crippen molar-refractivity contribution in [3.63, 3.8) is 0 Å². The second-order valence-electron chi connectivity index (χ2n) is 4.41. The van der Waals surface area contributed by atoms with Gasteiger partial charge < -0.3 is 10.3 Å². The van der Waals surface area contributed by atoms with Crippen molar-refractivity contribution in [1.82, 2.24) is 5.16 Å². The van der Waals surface area contributed by atoms with Gasteiger partial charge in [-0.25, -0.2) is 0 Å². The van der Waals surface area contributed by atoms with Crippen molar-refractivity contribution in [3.8, 4) is 22.4 Å². The van der Waals surface area contributed by atoms with Crippen molar-refractivity contribution in [2.24, 2.45) is 0 Å². The van der Waals surface area contributed by atoms with E-state index in [9.17, 15) is 0 Å². The lowest BCUT2D eigenvalue weighted by Crippen LogP contribution is -1.88. The summed E-state index contributed by atoms with van der Waals surface area (Å²) in [5.41, 5.74) is 8.99. The molecule has 0 bridgehead atoms. The maximum Gasteiger partial charge on any atom is 0.230 e. The Hall–Kier alpha value is -1.49. The molecule has 1 aromatic heterocycles. The molecule has 106 valence electrons. The summed E-state index contributed by atoms with van der Waals surface area (Å²) in [7, 11) is 0. The van der Waals surface area contributed by atoms with Crippen LogP contribution in [0.15, 0.2) is 51.5 Å². The van der Waals surface area contributed by atoms with E-state index in [4.69, 9.17) is 33.5 Å². The zero-order valence-electron chi connectivity index (χ0n) is 10.6. The molecule has 2 aromatic carbocycles. The minimum atomic E-state index is 0.256. The zero-order valence-corrected chi connectivity index (χ0v) is 13.7. The number of hydrogen-bond acceptors (Lipinski definition) is 3. The summed E-state index contributed by atoms with van der Waals surface area (Å²) in [4.78, 5) is 0. The Balaban J connectivity index is 2.16. The lowest BCUT2D eigenvalue weighted by Gasteiger charge is -2.04. The van der Waals surface area contributed by atoms with Crippen molar-refractivity contribution in [3.05, 3.63) is 57.0 Å². The quantitative estimate of drug-likeness (QED) is 0.621. The molecule has 6 heteroatoms. The summed E-state index contributed by atoms with van der Waals surface area (Å²) in [5, 5.41) is 5.30. The van der Waals surface area contributed by atoms with E-state index in [0.717, 1.165) is 21.2 Å². The Labute approximate surface area is 139 Å². The molecule has 0 aliphatic carbocycles. The minimum absolute atomic E-state index is 0.256. The number of aromatic nitrogens is 1. The normalized spacial score (nSPS) is 10.8. The van der Waals surface area contributed by atoms with Gasteiger partial charge in [0.1, 0.15) is 5.69 Å². The summed E-state index contributed by atoms with van der Waals surface area (Å²) in [6.07, 6.45) is 0. The first-order chi connectivity index (χ1) is 10.1. The summed E-state index contributed by atoms with van der Waals surface area (Å²) in [6, 6.07) is 12.9. The molecule has 2 N–H and O–H groups in total. The van der Waals surface area contributed by atoms with Gasteiger partial charge in [0.2, 0.25) is 5.88 Å².